The van der Waals surface area contributed by atoms with Crippen LogP contribution in [0.4, 0.5) is 0 Å². The molecule has 2 aromatic rings. The maximum absolute atomic E-state index is 12.2. The number of quaternary nitrogens is 2. The molecule has 2 atom stereocenters. The second kappa shape index (κ2) is 13.7. The van der Waals surface area contributed by atoms with Gasteiger partial charge in [0.15, 0.2) is 12.1 Å². The minimum atomic E-state index is -0.638. The van der Waals surface area contributed by atoms with Crippen molar-refractivity contribution in [1.82, 2.24) is 0 Å². The lowest BCUT2D eigenvalue weighted by Crippen LogP contribution is -2.67. The lowest BCUT2D eigenvalue weighted by atomic mass is 10.1. The molecule has 176 valence electrons. The zero-order valence-corrected chi connectivity index (χ0v) is 18.7. The highest BCUT2D eigenvalue weighted by Crippen LogP contribution is 2.14. The highest BCUT2D eigenvalue weighted by molar-refractivity contribution is 5.76. The van der Waals surface area contributed by atoms with Crippen molar-refractivity contribution >= 4 is 11.9 Å². The molecule has 0 aromatic heterocycles. The molecule has 0 saturated heterocycles. The maximum atomic E-state index is 12.2. The molecule has 0 bridgehead atoms. The fourth-order valence-electron chi connectivity index (χ4n) is 2.87. The largest absolute Gasteiger partial charge is 0.490 e. The third-order valence-electron chi connectivity index (χ3n) is 4.62. The molecule has 2 unspecified atom stereocenters. The van der Waals surface area contributed by atoms with E-state index in [0.717, 1.165) is 11.1 Å². The summed E-state index contributed by atoms with van der Waals surface area (Å²) < 4.78 is 20.9. The van der Waals surface area contributed by atoms with Crippen molar-refractivity contribution in [2.75, 3.05) is 20.0 Å². The van der Waals surface area contributed by atoms with Crippen LogP contribution in [-0.2, 0) is 31.9 Å². The predicted octanol–water partition coefficient (Wildman–Crippen LogP) is 0.866. The van der Waals surface area contributed by atoms with Crippen LogP contribution in [0.15, 0.2) is 73.8 Å². The predicted molar refractivity (Wildman–Crippen MR) is 122 cm³/mol. The molecule has 0 radical (unpaired) electrons. The Labute approximate surface area is 193 Å². The van der Waals surface area contributed by atoms with E-state index >= 15 is 0 Å². The van der Waals surface area contributed by atoms with Crippen molar-refractivity contribution in [2.45, 2.75) is 24.9 Å². The van der Waals surface area contributed by atoms with Crippen LogP contribution in [0.25, 0.3) is 0 Å². The van der Waals surface area contributed by atoms with Gasteiger partial charge in [-0.1, -0.05) is 49.6 Å². The zero-order valence-electron chi connectivity index (χ0n) is 18.7. The number of esters is 2. The summed E-state index contributed by atoms with van der Waals surface area (Å²) in [5, 5.41) is 0. The number of hydrogen-bond donors (Lipinski definition) is 2. The summed E-state index contributed by atoms with van der Waals surface area (Å²) in [6, 6.07) is 13.4. The van der Waals surface area contributed by atoms with E-state index in [-0.39, 0.29) is 0 Å². The molecular formula is C25H32N2O6+2. The second-order valence-electron chi connectivity index (χ2n) is 7.33. The maximum Gasteiger partial charge on any atom is 0.367 e. The Balaban J connectivity index is 1.71. The van der Waals surface area contributed by atoms with Gasteiger partial charge in [-0.05, 0) is 35.4 Å². The number of benzene rings is 2. The number of rotatable bonds is 14. The summed E-state index contributed by atoms with van der Waals surface area (Å²) in [4.78, 5) is 24.3. The van der Waals surface area contributed by atoms with Gasteiger partial charge in [-0.2, -0.15) is 0 Å². The van der Waals surface area contributed by atoms with Gasteiger partial charge in [-0.25, -0.2) is 9.59 Å². The smallest absolute Gasteiger partial charge is 0.367 e. The fourth-order valence-corrected chi connectivity index (χ4v) is 2.87. The summed E-state index contributed by atoms with van der Waals surface area (Å²) in [5.41, 5.74) is 9.49. The third-order valence-corrected chi connectivity index (χ3v) is 4.62. The first-order valence-corrected chi connectivity index (χ1v) is 10.6. The van der Waals surface area contributed by atoms with Gasteiger partial charge in [0.1, 0.15) is 24.7 Å². The van der Waals surface area contributed by atoms with E-state index in [1.54, 1.807) is 12.2 Å². The molecule has 33 heavy (non-hydrogen) atoms. The van der Waals surface area contributed by atoms with Gasteiger partial charge in [-0.15, -0.1) is 0 Å². The van der Waals surface area contributed by atoms with Crippen LogP contribution in [0.2, 0.25) is 0 Å². The molecule has 8 heteroatoms. The van der Waals surface area contributed by atoms with Crippen LogP contribution in [-0.4, -0.2) is 44.0 Å². The SMILES string of the molecule is C=CCOc1ccc(CC([NH3+])C(=O)OCOC(=O)C([NH3+])Cc2ccc(OCC=C)cc2)cc1. The zero-order chi connectivity index (χ0) is 24.1. The Morgan fingerprint density at radius 2 is 1.09 bits per heavy atom. The molecule has 0 spiro atoms. The molecular weight excluding hydrogens is 424 g/mol. The number of carbonyl (C=O) groups excluding carboxylic acids is 2. The first-order valence-electron chi connectivity index (χ1n) is 10.6. The van der Waals surface area contributed by atoms with Crippen LogP contribution < -0.4 is 20.9 Å². The van der Waals surface area contributed by atoms with Crippen LogP contribution in [0.3, 0.4) is 0 Å². The summed E-state index contributed by atoms with van der Waals surface area (Å²) in [6.45, 7) is 7.58. The Morgan fingerprint density at radius 3 is 1.42 bits per heavy atom. The number of ether oxygens (including phenoxy) is 4. The van der Waals surface area contributed by atoms with E-state index in [4.69, 9.17) is 18.9 Å². The molecule has 2 rings (SSSR count). The van der Waals surface area contributed by atoms with Crippen molar-refractivity contribution in [3.8, 4) is 11.5 Å². The first-order chi connectivity index (χ1) is 15.9. The standard InChI is InChI=1S/C25H30N2O6/c1-3-13-30-20-9-5-18(6-10-20)15-22(26)24(28)32-17-33-25(29)23(27)16-19-7-11-21(12-8-19)31-14-4-2/h3-12,22-23H,1-2,13-17,26-27H2/p+2. The molecule has 6 N–H and O–H groups in total. The molecule has 0 aliphatic heterocycles. The van der Waals surface area contributed by atoms with Crippen LogP contribution >= 0.6 is 0 Å². The van der Waals surface area contributed by atoms with Gasteiger partial charge < -0.3 is 30.4 Å². The van der Waals surface area contributed by atoms with Crippen molar-refractivity contribution < 1.29 is 40.0 Å². The van der Waals surface area contributed by atoms with Gasteiger partial charge >= 0.3 is 11.9 Å². The summed E-state index contributed by atoms with van der Waals surface area (Å²) in [7, 11) is 0. The van der Waals surface area contributed by atoms with Crippen molar-refractivity contribution in [1.29, 1.82) is 0 Å². The monoisotopic (exact) mass is 456 g/mol. The lowest BCUT2D eigenvalue weighted by Gasteiger charge is -2.12. The Morgan fingerprint density at radius 1 is 0.727 bits per heavy atom. The molecule has 8 nitrogen and oxygen atoms in total. The lowest BCUT2D eigenvalue weighted by molar-refractivity contribution is -0.411. The summed E-state index contributed by atoms with van der Waals surface area (Å²) in [5.74, 6) is 0.331. The summed E-state index contributed by atoms with van der Waals surface area (Å²) >= 11 is 0. The van der Waals surface area contributed by atoms with Crippen LogP contribution in [0, 0.1) is 0 Å². The highest BCUT2D eigenvalue weighted by atomic mass is 16.7. The molecule has 0 fully saturated rings. The number of hydrogen-bond acceptors (Lipinski definition) is 6. The Hall–Kier alpha value is -3.62. The van der Waals surface area contributed by atoms with Gasteiger partial charge in [0.2, 0.25) is 6.79 Å². The minimum Gasteiger partial charge on any atom is -0.490 e. The Bertz CT molecular complexity index is 836. The molecule has 0 aliphatic rings. The van der Waals surface area contributed by atoms with Crippen LogP contribution in [0.5, 0.6) is 11.5 Å². The van der Waals surface area contributed by atoms with E-state index in [0.29, 0.717) is 37.6 Å². The molecule has 0 heterocycles. The molecule has 0 aliphatic carbocycles. The average molecular weight is 457 g/mol. The van der Waals surface area contributed by atoms with E-state index in [9.17, 15) is 9.59 Å². The van der Waals surface area contributed by atoms with Gasteiger partial charge in [0, 0.05) is 12.8 Å². The van der Waals surface area contributed by atoms with Gasteiger partial charge in [0.25, 0.3) is 0 Å². The van der Waals surface area contributed by atoms with Gasteiger partial charge in [0.05, 0.1) is 0 Å². The van der Waals surface area contributed by atoms with E-state index < -0.39 is 30.8 Å². The number of carbonyl (C=O) groups is 2. The Kier molecular flexibility index (Phi) is 10.7. The average Bonchev–Trinajstić information content (AvgIpc) is 2.82. The quantitative estimate of drug-likeness (QED) is 0.247. The van der Waals surface area contributed by atoms with E-state index in [1.807, 2.05) is 48.5 Å². The third kappa shape index (κ3) is 9.18. The van der Waals surface area contributed by atoms with E-state index in [2.05, 4.69) is 24.6 Å². The van der Waals surface area contributed by atoms with Crippen molar-refractivity contribution in [3.63, 3.8) is 0 Å². The second-order valence-corrected chi connectivity index (χ2v) is 7.33. The van der Waals surface area contributed by atoms with Gasteiger partial charge in [-0.3, -0.25) is 0 Å². The highest BCUT2D eigenvalue weighted by Gasteiger charge is 2.23. The van der Waals surface area contributed by atoms with E-state index in [1.165, 1.54) is 0 Å². The molecule has 0 amide bonds. The van der Waals surface area contributed by atoms with Crippen molar-refractivity contribution in [2.24, 2.45) is 0 Å². The molecule has 2 aromatic carbocycles. The minimum absolute atomic E-state index is 0.388. The normalized spacial score (nSPS) is 12.2. The van der Waals surface area contributed by atoms with Crippen molar-refractivity contribution in [3.05, 3.63) is 85.0 Å². The van der Waals surface area contributed by atoms with Crippen LogP contribution in [0.1, 0.15) is 11.1 Å². The topological polar surface area (TPSA) is 126 Å². The summed E-state index contributed by atoms with van der Waals surface area (Å²) in [6.07, 6.45) is 4.10. The fraction of sp³-hybridized carbons (Fsp3) is 0.280. The molecule has 0 saturated carbocycles. The first kappa shape index (κ1) is 25.6.